The Bertz CT molecular complexity index is 653. The molecule has 2 rings (SSSR count). The van der Waals surface area contributed by atoms with Gasteiger partial charge in [0.25, 0.3) is 0 Å². The predicted octanol–water partition coefficient (Wildman–Crippen LogP) is 2.55. The Balaban J connectivity index is 2.43. The van der Waals surface area contributed by atoms with E-state index in [1.54, 1.807) is 0 Å². The number of anilines is 1. The molecule has 0 atom stereocenters. The molecule has 2 aromatic rings. The van der Waals surface area contributed by atoms with Crippen LogP contribution in [0.1, 0.15) is 0 Å². The number of nitrogens with two attached hydrogens (primary N) is 1. The molecule has 0 aliphatic rings. The van der Waals surface area contributed by atoms with Crippen molar-refractivity contribution in [3.63, 3.8) is 0 Å². The minimum absolute atomic E-state index is 0.0211. The maximum atomic E-state index is 13.0. The standard InChI is InChI=1S/C10H6ClFN4O3/c11-6-4-14-10(13)15-9(6)19-8-2-1-5(12)3-7(8)16(17)18/h1-4H,(H2,13,14,15). The molecule has 0 fully saturated rings. The quantitative estimate of drug-likeness (QED) is 0.686. The molecule has 0 radical (unpaired) electrons. The molecule has 19 heavy (non-hydrogen) atoms. The van der Waals surface area contributed by atoms with Gasteiger partial charge in [-0.05, 0) is 12.1 Å². The van der Waals surface area contributed by atoms with Crippen LogP contribution in [0.3, 0.4) is 0 Å². The van der Waals surface area contributed by atoms with Crippen molar-refractivity contribution in [2.75, 3.05) is 5.73 Å². The molecule has 0 saturated carbocycles. The van der Waals surface area contributed by atoms with Crippen LogP contribution >= 0.6 is 11.6 Å². The highest BCUT2D eigenvalue weighted by molar-refractivity contribution is 6.31. The summed E-state index contributed by atoms with van der Waals surface area (Å²) in [7, 11) is 0. The van der Waals surface area contributed by atoms with Crippen LogP contribution in [0.4, 0.5) is 16.0 Å². The number of nitrogen functional groups attached to an aromatic ring is 1. The first-order chi connectivity index (χ1) is 8.97. The third-order valence-electron chi connectivity index (χ3n) is 2.05. The van der Waals surface area contributed by atoms with E-state index in [2.05, 4.69) is 9.97 Å². The average Bonchev–Trinajstić information content (AvgIpc) is 2.35. The maximum Gasteiger partial charge on any atom is 0.314 e. The van der Waals surface area contributed by atoms with E-state index in [0.717, 1.165) is 18.2 Å². The van der Waals surface area contributed by atoms with E-state index >= 15 is 0 Å². The SMILES string of the molecule is Nc1ncc(Cl)c(Oc2ccc(F)cc2[N+](=O)[O-])n1. The number of hydrogen-bond donors (Lipinski definition) is 1. The van der Waals surface area contributed by atoms with Crippen molar-refractivity contribution in [2.45, 2.75) is 0 Å². The highest BCUT2D eigenvalue weighted by Gasteiger charge is 2.18. The number of nitro benzene ring substituents is 1. The third kappa shape index (κ3) is 2.86. The van der Waals surface area contributed by atoms with Crippen LogP contribution < -0.4 is 10.5 Å². The first-order valence-electron chi connectivity index (χ1n) is 4.87. The van der Waals surface area contributed by atoms with Crippen LogP contribution in [0.5, 0.6) is 11.6 Å². The molecule has 9 heteroatoms. The van der Waals surface area contributed by atoms with E-state index in [9.17, 15) is 14.5 Å². The number of hydrogen-bond acceptors (Lipinski definition) is 6. The van der Waals surface area contributed by atoms with Gasteiger partial charge in [0.05, 0.1) is 17.2 Å². The molecule has 0 bridgehead atoms. The summed E-state index contributed by atoms with van der Waals surface area (Å²) < 4.78 is 18.1. The summed E-state index contributed by atoms with van der Waals surface area (Å²) in [6, 6.07) is 2.84. The molecule has 1 aromatic heterocycles. The van der Waals surface area contributed by atoms with Crippen LogP contribution in [0, 0.1) is 15.9 Å². The van der Waals surface area contributed by atoms with Crippen LogP contribution in [-0.4, -0.2) is 14.9 Å². The lowest BCUT2D eigenvalue weighted by molar-refractivity contribution is -0.385. The van der Waals surface area contributed by atoms with Crippen LogP contribution in [-0.2, 0) is 0 Å². The Morgan fingerprint density at radius 2 is 2.21 bits per heavy atom. The molecule has 1 heterocycles. The summed E-state index contributed by atoms with van der Waals surface area (Å²) in [5.41, 5.74) is 4.80. The second-order valence-electron chi connectivity index (χ2n) is 3.35. The van der Waals surface area contributed by atoms with Crippen molar-refractivity contribution in [1.29, 1.82) is 0 Å². The van der Waals surface area contributed by atoms with Crippen molar-refractivity contribution in [3.05, 3.63) is 45.4 Å². The topological polar surface area (TPSA) is 104 Å². The Labute approximate surface area is 111 Å². The van der Waals surface area contributed by atoms with Crippen LogP contribution in [0.25, 0.3) is 0 Å². The summed E-state index contributed by atoms with van der Waals surface area (Å²) in [5.74, 6) is -1.22. The molecule has 98 valence electrons. The van der Waals surface area contributed by atoms with Gasteiger partial charge in [0, 0.05) is 0 Å². The van der Waals surface area contributed by atoms with Gasteiger partial charge in [0.1, 0.15) is 10.8 Å². The average molecular weight is 285 g/mol. The number of ether oxygens (including phenoxy) is 1. The lowest BCUT2D eigenvalue weighted by Crippen LogP contribution is -1.99. The molecule has 1 aromatic carbocycles. The maximum absolute atomic E-state index is 13.0. The smallest absolute Gasteiger partial charge is 0.314 e. The fourth-order valence-corrected chi connectivity index (χ4v) is 1.39. The van der Waals surface area contributed by atoms with Gasteiger partial charge in [-0.15, -0.1) is 0 Å². The van der Waals surface area contributed by atoms with Crippen molar-refractivity contribution >= 4 is 23.2 Å². The van der Waals surface area contributed by atoms with Gasteiger partial charge < -0.3 is 10.5 Å². The zero-order valence-electron chi connectivity index (χ0n) is 9.21. The minimum Gasteiger partial charge on any atom is -0.430 e. The van der Waals surface area contributed by atoms with E-state index in [1.165, 1.54) is 6.20 Å². The second-order valence-corrected chi connectivity index (χ2v) is 3.76. The van der Waals surface area contributed by atoms with Crippen molar-refractivity contribution < 1.29 is 14.1 Å². The predicted molar refractivity (Wildman–Crippen MR) is 64.6 cm³/mol. The Morgan fingerprint density at radius 1 is 1.47 bits per heavy atom. The second kappa shape index (κ2) is 5.02. The highest BCUT2D eigenvalue weighted by atomic mass is 35.5. The summed E-state index contributed by atoms with van der Waals surface area (Å²) in [4.78, 5) is 17.3. The largest absolute Gasteiger partial charge is 0.430 e. The molecule has 0 amide bonds. The first-order valence-corrected chi connectivity index (χ1v) is 5.25. The van der Waals surface area contributed by atoms with E-state index in [-0.39, 0.29) is 22.6 Å². The van der Waals surface area contributed by atoms with Gasteiger partial charge in [-0.25, -0.2) is 9.37 Å². The van der Waals surface area contributed by atoms with E-state index < -0.39 is 16.4 Å². The molecule has 0 spiro atoms. The molecule has 2 N–H and O–H groups in total. The lowest BCUT2D eigenvalue weighted by atomic mass is 10.3. The number of halogens is 2. The number of benzene rings is 1. The summed E-state index contributed by atoms with van der Waals surface area (Å²) >= 11 is 5.76. The summed E-state index contributed by atoms with van der Waals surface area (Å²) in [6.45, 7) is 0. The van der Waals surface area contributed by atoms with Crippen LogP contribution in [0.15, 0.2) is 24.4 Å². The first kappa shape index (κ1) is 13.0. The van der Waals surface area contributed by atoms with Crippen molar-refractivity contribution in [1.82, 2.24) is 9.97 Å². The number of rotatable bonds is 3. The Morgan fingerprint density at radius 3 is 2.89 bits per heavy atom. The molecular formula is C10H6ClFN4O3. The third-order valence-corrected chi connectivity index (χ3v) is 2.31. The highest BCUT2D eigenvalue weighted by Crippen LogP contribution is 2.33. The monoisotopic (exact) mass is 284 g/mol. The summed E-state index contributed by atoms with van der Waals surface area (Å²) in [5, 5.41) is 10.8. The lowest BCUT2D eigenvalue weighted by Gasteiger charge is -2.06. The van der Waals surface area contributed by atoms with Gasteiger partial charge in [0.15, 0.2) is 0 Å². The van der Waals surface area contributed by atoms with E-state index in [4.69, 9.17) is 22.1 Å². The van der Waals surface area contributed by atoms with Crippen molar-refractivity contribution in [3.8, 4) is 11.6 Å². The summed E-state index contributed by atoms with van der Waals surface area (Å²) in [6.07, 6.45) is 1.19. The zero-order chi connectivity index (χ0) is 14.0. The molecule has 0 saturated heterocycles. The molecule has 0 aliphatic carbocycles. The van der Waals surface area contributed by atoms with Crippen LogP contribution in [0.2, 0.25) is 5.02 Å². The molecule has 0 unspecified atom stereocenters. The minimum atomic E-state index is -0.781. The van der Waals surface area contributed by atoms with Crippen molar-refractivity contribution in [2.24, 2.45) is 0 Å². The Kier molecular flexibility index (Phi) is 3.43. The van der Waals surface area contributed by atoms with Gasteiger partial charge >= 0.3 is 5.69 Å². The molecule has 0 aliphatic heterocycles. The molecular weight excluding hydrogens is 279 g/mol. The fourth-order valence-electron chi connectivity index (χ4n) is 1.26. The fraction of sp³-hybridized carbons (Fsp3) is 0. The van der Waals surface area contributed by atoms with Gasteiger partial charge in [-0.3, -0.25) is 10.1 Å². The zero-order valence-corrected chi connectivity index (χ0v) is 9.96. The van der Waals surface area contributed by atoms with Gasteiger partial charge in [-0.1, -0.05) is 11.6 Å². The van der Waals surface area contributed by atoms with E-state index in [0.29, 0.717) is 0 Å². The van der Waals surface area contributed by atoms with E-state index in [1.807, 2.05) is 0 Å². The number of nitro groups is 1. The van der Waals surface area contributed by atoms with Gasteiger partial charge in [-0.2, -0.15) is 4.98 Å². The Hall–Kier alpha value is -2.48. The van der Waals surface area contributed by atoms with Gasteiger partial charge in [0.2, 0.25) is 17.6 Å². The molecule has 7 nitrogen and oxygen atoms in total. The number of nitrogens with zero attached hydrogens (tertiary/aromatic N) is 3. The normalized spacial score (nSPS) is 10.2. The number of aromatic nitrogens is 2.